The van der Waals surface area contributed by atoms with Crippen LogP contribution in [-0.4, -0.2) is 20.0 Å². The van der Waals surface area contributed by atoms with Crippen molar-refractivity contribution < 1.29 is 13.2 Å². The highest BCUT2D eigenvalue weighted by atomic mass is 32.2. The minimum Gasteiger partial charge on any atom is -0.352 e. The second kappa shape index (κ2) is 2.82. The second-order valence-electron chi connectivity index (χ2n) is 3.07. The van der Waals surface area contributed by atoms with Gasteiger partial charge in [-0.15, -0.1) is 0 Å². The lowest BCUT2D eigenvalue weighted by molar-refractivity contribution is 0.405. The first-order valence-corrected chi connectivity index (χ1v) is 5.61. The van der Waals surface area contributed by atoms with E-state index >= 15 is 0 Å². The number of hydrogen-bond donors (Lipinski definition) is 0. The number of ether oxygens (including phenoxy) is 1. The van der Waals surface area contributed by atoms with Gasteiger partial charge in [0.2, 0.25) is 9.84 Å². The second-order valence-corrected chi connectivity index (χ2v) is 5.09. The molecule has 1 aliphatic heterocycles. The molecule has 70 valence electrons. The van der Waals surface area contributed by atoms with E-state index in [1.165, 1.54) is 0 Å². The maximum absolute atomic E-state index is 11.7. The Bertz CT molecular complexity index is 396. The fourth-order valence-corrected chi connectivity index (χ4v) is 2.87. The smallest absolute Gasteiger partial charge is 0.207 e. The van der Waals surface area contributed by atoms with Gasteiger partial charge in [-0.05, 0) is 19.1 Å². The molecule has 1 aromatic rings. The highest BCUT2D eigenvalue weighted by molar-refractivity contribution is 7.92. The molecule has 0 amide bonds. The van der Waals surface area contributed by atoms with Crippen molar-refractivity contribution in [3.05, 3.63) is 30.3 Å². The van der Waals surface area contributed by atoms with Gasteiger partial charge in [0.05, 0.1) is 11.0 Å². The van der Waals surface area contributed by atoms with Gasteiger partial charge in [0.15, 0.2) is 5.44 Å². The lowest BCUT2D eigenvalue weighted by atomic mass is 10.4. The third-order valence-corrected chi connectivity index (χ3v) is 4.07. The molecule has 0 saturated carbocycles. The summed E-state index contributed by atoms with van der Waals surface area (Å²) in [5, 5.41) is 0. The van der Waals surface area contributed by atoms with E-state index in [-0.39, 0.29) is 6.10 Å². The number of hydrogen-bond acceptors (Lipinski definition) is 3. The van der Waals surface area contributed by atoms with Crippen molar-refractivity contribution in [3.8, 4) is 0 Å². The Labute approximate surface area is 77.3 Å². The molecule has 3 nitrogen and oxygen atoms in total. The molecule has 0 bridgehead atoms. The third kappa shape index (κ3) is 1.47. The van der Waals surface area contributed by atoms with Crippen molar-refractivity contribution >= 4 is 9.84 Å². The van der Waals surface area contributed by atoms with Crippen LogP contribution >= 0.6 is 0 Å². The zero-order valence-corrected chi connectivity index (χ0v) is 7.99. The molecule has 4 heteroatoms. The van der Waals surface area contributed by atoms with E-state index < -0.39 is 15.3 Å². The quantitative estimate of drug-likeness (QED) is 0.671. The Morgan fingerprint density at radius 2 is 1.77 bits per heavy atom. The molecule has 13 heavy (non-hydrogen) atoms. The topological polar surface area (TPSA) is 46.7 Å². The third-order valence-electron chi connectivity index (χ3n) is 2.03. The molecule has 1 saturated heterocycles. The summed E-state index contributed by atoms with van der Waals surface area (Å²) < 4.78 is 28.3. The zero-order chi connectivity index (χ0) is 9.47. The summed E-state index contributed by atoms with van der Waals surface area (Å²) in [5.74, 6) is 0. The van der Waals surface area contributed by atoms with Gasteiger partial charge in [-0.2, -0.15) is 0 Å². The van der Waals surface area contributed by atoms with E-state index in [0.29, 0.717) is 4.90 Å². The predicted octanol–water partition coefficient (Wildman–Crippen LogP) is 1.21. The standard InChI is InChI=1S/C9H10O3S/c1-7-9(12-7)13(10,11)8-5-3-2-4-6-8/h2-7,9H,1H3. The fourth-order valence-electron chi connectivity index (χ4n) is 1.24. The first-order chi connectivity index (χ1) is 6.12. The fraction of sp³-hybridized carbons (Fsp3) is 0.333. The molecular formula is C9H10O3S. The Morgan fingerprint density at radius 1 is 1.23 bits per heavy atom. The molecule has 0 radical (unpaired) electrons. The SMILES string of the molecule is CC1OC1S(=O)(=O)c1ccccc1. The van der Waals surface area contributed by atoms with Crippen LogP contribution in [0.1, 0.15) is 6.92 Å². The molecule has 1 fully saturated rings. The number of benzene rings is 1. The molecule has 0 aliphatic carbocycles. The van der Waals surface area contributed by atoms with Gasteiger partial charge in [-0.3, -0.25) is 0 Å². The highest BCUT2D eigenvalue weighted by Crippen LogP contribution is 2.31. The summed E-state index contributed by atoms with van der Waals surface area (Å²) in [6.45, 7) is 1.76. The average Bonchev–Trinajstić information content (AvgIpc) is 2.85. The van der Waals surface area contributed by atoms with Crippen molar-refractivity contribution in [2.24, 2.45) is 0 Å². The summed E-state index contributed by atoms with van der Waals surface area (Å²) in [6, 6.07) is 8.38. The van der Waals surface area contributed by atoms with Crippen LogP contribution in [0.2, 0.25) is 0 Å². The molecule has 2 atom stereocenters. The predicted molar refractivity (Wildman–Crippen MR) is 48.0 cm³/mol. The lowest BCUT2D eigenvalue weighted by Crippen LogP contribution is -2.09. The van der Waals surface area contributed by atoms with Crippen molar-refractivity contribution in [1.82, 2.24) is 0 Å². The van der Waals surface area contributed by atoms with Crippen LogP contribution in [-0.2, 0) is 14.6 Å². The molecule has 1 aromatic carbocycles. The summed E-state index contributed by atoms with van der Waals surface area (Å²) in [7, 11) is -3.24. The molecule has 0 spiro atoms. The van der Waals surface area contributed by atoms with Gasteiger partial charge >= 0.3 is 0 Å². The van der Waals surface area contributed by atoms with E-state index in [1.54, 1.807) is 37.3 Å². The van der Waals surface area contributed by atoms with Gasteiger partial charge < -0.3 is 4.74 Å². The first kappa shape index (κ1) is 8.72. The van der Waals surface area contributed by atoms with Gasteiger partial charge in [0.1, 0.15) is 0 Å². The van der Waals surface area contributed by atoms with E-state index in [2.05, 4.69) is 0 Å². The van der Waals surface area contributed by atoms with E-state index in [1.807, 2.05) is 0 Å². The highest BCUT2D eigenvalue weighted by Gasteiger charge is 2.46. The Balaban J connectivity index is 2.36. The summed E-state index contributed by atoms with van der Waals surface area (Å²) in [6.07, 6.45) is -0.162. The van der Waals surface area contributed by atoms with Gasteiger partial charge in [0.25, 0.3) is 0 Å². The molecule has 2 rings (SSSR count). The van der Waals surface area contributed by atoms with Crippen molar-refractivity contribution in [2.75, 3.05) is 0 Å². The normalized spacial score (nSPS) is 27.2. The molecule has 2 unspecified atom stereocenters. The minimum atomic E-state index is -3.24. The molecular weight excluding hydrogens is 188 g/mol. The monoisotopic (exact) mass is 198 g/mol. The Hall–Kier alpha value is -0.870. The van der Waals surface area contributed by atoms with Crippen LogP contribution in [0.3, 0.4) is 0 Å². The van der Waals surface area contributed by atoms with Gasteiger partial charge in [-0.1, -0.05) is 18.2 Å². The Kier molecular flexibility index (Phi) is 1.89. The lowest BCUT2D eigenvalue weighted by Gasteiger charge is -1.98. The molecule has 0 aromatic heterocycles. The van der Waals surface area contributed by atoms with Crippen LogP contribution in [0.25, 0.3) is 0 Å². The van der Waals surface area contributed by atoms with Gasteiger partial charge in [0, 0.05) is 0 Å². The minimum absolute atomic E-state index is 0.162. The summed E-state index contributed by atoms with van der Waals surface area (Å²) >= 11 is 0. The number of rotatable bonds is 2. The van der Waals surface area contributed by atoms with E-state index in [4.69, 9.17) is 4.74 Å². The van der Waals surface area contributed by atoms with Crippen molar-refractivity contribution in [2.45, 2.75) is 23.4 Å². The maximum Gasteiger partial charge on any atom is 0.207 e. The summed E-state index contributed by atoms with van der Waals surface area (Å²) in [4.78, 5) is 0.337. The Morgan fingerprint density at radius 3 is 2.23 bits per heavy atom. The van der Waals surface area contributed by atoms with Crippen LogP contribution in [0.15, 0.2) is 35.2 Å². The van der Waals surface area contributed by atoms with Crippen LogP contribution in [0.5, 0.6) is 0 Å². The van der Waals surface area contributed by atoms with Gasteiger partial charge in [-0.25, -0.2) is 8.42 Å². The average molecular weight is 198 g/mol. The first-order valence-electron chi connectivity index (χ1n) is 4.07. The van der Waals surface area contributed by atoms with Crippen molar-refractivity contribution in [1.29, 1.82) is 0 Å². The number of epoxide rings is 1. The van der Waals surface area contributed by atoms with E-state index in [9.17, 15) is 8.42 Å². The number of sulfone groups is 1. The van der Waals surface area contributed by atoms with Crippen LogP contribution in [0.4, 0.5) is 0 Å². The molecule has 0 N–H and O–H groups in total. The summed E-state index contributed by atoms with van der Waals surface area (Å²) in [5.41, 5.74) is -0.630. The van der Waals surface area contributed by atoms with Crippen molar-refractivity contribution in [3.63, 3.8) is 0 Å². The van der Waals surface area contributed by atoms with E-state index in [0.717, 1.165) is 0 Å². The largest absolute Gasteiger partial charge is 0.352 e. The molecule has 1 heterocycles. The van der Waals surface area contributed by atoms with Crippen LogP contribution in [0, 0.1) is 0 Å². The molecule has 1 aliphatic rings. The maximum atomic E-state index is 11.7. The zero-order valence-electron chi connectivity index (χ0n) is 7.17. The van der Waals surface area contributed by atoms with Crippen LogP contribution < -0.4 is 0 Å².